The SMILES string of the molecule is Brc1cccc2c1CCN2.OB(O)C1CC1.c1cc2c(c(C3CC3)c1)CCN2. The van der Waals surface area contributed by atoms with Crippen molar-refractivity contribution in [1.82, 2.24) is 0 Å². The first kappa shape index (κ1) is 19.8. The van der Waals surface area contributed by atoms with E-state index in [9.17, 15) is 0 Å². The molecule has 0 bridgehead atoms. The number of anilines is 2. The van der Waals surface area contributed by atoms with E-state index in [4.69, 9.17) is 10.0 Å². The van der Waals surface area contributed by atoms with Gasteiger partial charge in [-0.05, 0) is 72.3 Å². The van der Waals surface area contributed by atoms with Gasteiger partial charge >= 0.3 is 7.12 Å². The van der Waals surface area contributed by atoms with Crippen molar-refractivity contribution in [3.8, 4) is 0 Å². The van der Waals surface area contributed by atoms with Crippen LogP contribution in [-0.2, 0) is 12.8 Å². The van der Waals surface area contributed by atoms with Crippen LogP contribution in [0.4, 0.5) is 11.4 Å². The molecule has 0 aromatic heterocycles. The number of halogens is 1. The lowest BCUT2D eigenvalue weighted by molar-refractivity contribution is 0.403. The molecule has 0 radical (unpaired) electrons. The molecule has 0 unspecified atom stereocenters. The minimum atomic E-state index is -1.04. The van der Waals surface area contributed by atoms with Crippen LogP contribution in [0.1, 0.15) is 48.3 Å². The lowest BCUT2D eigenvalue weighted by Gasteiger charge is -2.05. The standard InChI is InChI=1S/C11H13N.C8H8BrN.C3H7BO2/c1-2-9(8-4-5-8)10-6-7-12-11(10)3-1;9-7-2-1-3-8-6(7)4-5-10-8;5-4(6)3-1-2-3/h1-3,8,12H,4-7H2;1-3,10H,4-5H2;3,5-6H,1-2H2. The number of benzene rings is 2. The molecule has 2 saturated carbocycles. The Morgan fingerprint density at radius 1 is 0.821 bits per heavy atom. The molecule has 4 N–H and O–H groups in total. The van der Waals surface area contributed by atoms with Gasteiger partial charge < -0.3 is 20.7 Å². The fourth-order valence-corrected chi connectivity index (χ4v) is 4.41. The summed E-state index contributed by atoms with van der Waals surface area (Å²) in [5.74, 6) is 1.12. The van der Waals surface area contributed by atoms with Gasteiger partial charge in [-0.15, -0.1) is 0 Å². The Morgan fingerprint density at radius 3 is 1.96 bits per heavy atom. The first-order chi connectivity index (χ1) is 13.6. The summed E-state index contributed by atoms with van der Waals surface area (Å²) < 4.78 is 1.23. The maximum Gasteiger partial charge on any atom is 0.454 e. The lowest BCUT2D eigenvalue weighted by atomic mass is 9.84. The van der Waals surface area contributed by atoms with Crippen LogP contribution < -0.4 is 10.6 Å². The molecule has 2 aromatic rings. The van der Waals surface area contributed by atoms with E-state index in [1.54, 1.807) is 11.1 Å². The van der Waals surface area contributed by atoms with Crippen LogP contribution in [0.5, 0.6) is 0 Å². The Hall–Kier alpha value is -1.50. The van der Waals surface area contributed by atoms with E-state index in [1.165, 1.54) is 40.7 Å². The zero-order valence-corrected chi connectivity index (χ0v) is 17.7. The van der Waals surface area contributed by atoms with Gasteiger partial charge in [0.2, 0.25) is 0 Å². The van der Waals surface area contributed by atoms with Crippen LogP contribution in [0, 0.1) is 0 Å². The predicted octanol–water partition coefficient (Wildman–Crippen LogP) is 4.57. The Balaban J connectivity index is 0.000000109. The van der Waals surface area contributed by atoms with Gasteiger partial charge in [0.05, 0.1) is 0 Å². The van der Waals surface area contributed by atoms with E-state index >= 15 is 0 Å². The summed E-state index contributed by atoms with van der Waals surface area (Å²) in [6.07, 6.45) is 7.21. The molecule has 2 fully saturated rings. The van der Waals surface area contributed by atoms with E-state index in [2.05, 4.69) is 63.0 Å². The van der Waals surface area contributed by atoms with Gasteiger partial charge in [-0.2, -0.15) is 0 Å². The quantitative estimate of drug-likeness (QED) is 0.514. The Labute approximate surface area is 176 Å². The molecule has 0 saturated heterocycles. The van der Waals surface area contributed by atoms with Crippen molar-refractivity contribution in [2.45, 2.75) is 50.3 Å². The van der Waals surface area contributed by atoms with E-state index in [0.717, 1.165) is 38.3 Å². The molecule has 0 amide bonds. The summed E-state index contributed by atoms with van der Waals surface area (Å²) in [7, 11) is -1.04. The molecule has 4 aliphatic rings. The number of hydrogen-bond donors (Lipinski definition) is 4. The first-order valence-corrected chi connectivity index (χ1v) is 11.2. The molecule has 0 spiro atoms. The van der Waals surface area contributed by atoms with E-state index in [0.29, 0.717) is 0 Å². The maximum atomic E-state index is 8.25. The van der Waals surface area contributed by atoms with Gasteiger partial charge in [-0.3, -0.25) is 0 Å². The highest BCUT2D eigenvalue weighted by Gasteiger charge is 2.33. The van der Waals surface area contributed by atoms with Crippen molar-refractivity contribution in [2.24, 2.45) is 0 Å². The molecule has 2 aliphatic heterocycles. The molecule has 6 heteroatoms. The number of rotatable bonds is 2. The second-order valence-electron chi connectivity index (χ2n) is 8.02. The van der Waals surface area contributed by atoms with Crippen LogP contribution >= 0.6 is 15.9 Å². The Kier molecular flexibility index (Phi) is 6.29. The van der Waals surface area contributed by atoms with Gasteiger partial charge in [-0.25, -0.2) is 0 Å². The average molecular weight is 443 g/mol. The van der Waals surface area contributed by atoms with Gasteiger partial charge in [0.15, 0.2) is 0 Å². The van der Waals surface area contributed by atoms with Crippen LogP contribution in [0.2, 0.25) is 5.82 Å². The Bertz CT molecular complexity index is 822. The number of fused-ring (bicyclic) bond motifs is 2. The number of nitrogens with one attached hydrogen (secondary N) is 2. The van der Waals surface area contributed by atoms with E-state index in [1.807, 2.05) is 0 Å². The highest BCUT2D eigenvalue weighted by molar-refractivity contribution is 9.10. The molecule has 0 atom stereocenters. The van der Waals surface area contributed by atoms with Crippen molar-refractivity contribution in [3.63, 3.8) is 0 Å². The molecule has 148 valence electrons. The Morgan fingerprint density at radius 2 is 1.43 bits per heavy atom. The summed E-state index contributed by atoms with van der Waals surface area (Å²) in [4.78, 5) is 0. The second-order valence-corrected chi connectivity index (χ2v) is 8.87. The van der Waals surface area contributed by atoms with Crippen molar-refractivity contribution < 1.29 is 10.0 Å². The third kappa shape index (κ3) is 4.91. The van der Waals surface area contributed by atoms with Crippen molar-refractivity contribution in [1.29, 1.82) is 0 Å². The third-order valence-corrected chi connectivity index (χ3v) is 6.52. The lowest BCUT2D eigenvalue weighted by Crippen LogP contribution is -2.09. The largest absolute Gasteiger partial charge is 0.454 e. The van der Waals surface area contributed by atoms with Gasteiger partial charge in [0.1, 0.15) is 0 Å². The van der Waals surface area contributed by atoms with E-state index in [-0.39, 0.29) is 5.82 Å². The van der Waals surface area contributed by atoms with Gasteiger partial charge in [0, 0.05) is 28.9 Å². The van der Waals surface area contributed by atoms with Crippen molar-refractivity contribution in [2.75, 3.05) is 23.7 Å². The molecule has 28 heavy (non-hydrogen) atoms. The van der Waals surface area contributed by atoms with Crippen LogP contribution in [0.3, 0.4) is 0 Å². The molecule has 2 aliphatic carbocycles. The zero-order valence-electron chi connectivity index (χ0n) is 16.1. The highest BCUT2D eigenvalue weighted by Crippen LogP contribution is 2.44. The van der Waals surface area contributed by atoms with Crippen LogP contribution in [0.25, 0.3) is 0 Å². The third-order valence-electron chi connectivity index (χ3n) is 5.77. The molecule has 2 heterocycles. The second kappa shape index (κ2) is 8.89. The number of hydrogen-bond acceptors (Lipinski definition) is 4. The average Bonchev–Trinajstić information content (AvgIpc) is 3.62. The van der Waals surface area contributed by atoms with Crippen LogP contribution in [-0.4, -0.2) is 30.3 Å². The summed E-state index contributed by atoms with van der Waals surface area (Å²) in [5, 5.41) is 23.2. The summed E-state index contributed by atoms with van der Waals surface area (Å²) in [6.45, 7) is 2.22. The molecule has 6 rings (SSSR count). The molecular weight excluding hydrogens is 415 g/mol. The van der Waals surface area contributed by atoms with Crippen LogP contribution in [0.15, 0.2) is 40.9 Å². The van der Waals surface area contributed by atoms with E-state index < -0.39 is 7.12 Å². The highest BCUT2D eigenvalue weighted by atomic mass is 79.9. The summed E-state index contributed by atoms with van der Waals surface area (Å²) >= 11 is 3.51. The minimum Gasteiger partial charge on any atom is -0.427 e. The fourth-order valence-electron chi connectivity index (χ4n) is 3.84. The van der Waals surface area contributed by atoms with Crippen molar-refractivity contribution in [3.05, 3.63) is 57.6 Å². The fraction of sp³-hybridized carbons (Fsp3) is 0.455. The normalized spacial score (nSPS) is 18.4. The summed E-state index contributed by atoms with van der Waals surface area (Å²) in [6, 6.07) is 13.0. The summed E-state index contributed by atoms with van der Waals surface area (Å²) in [5.41, 5.74) is 7.31. The maximum absolute atomic E-state index is 8.25. The smallest absolute Gasteiger partial charge is 0.427 e. The molecule has 4 nitrogen and oxygen atoms in total. The molecule has 2 aromatic carbocycles. The topological polar surface area (TPSA) is 64.5 Å². The zero-order chi connectivity index (χ0) is 19.5. The van der Waals surface area contributed by atoms with Crippen molar-refractivity contribution >= 4 is 34.4 Å². The minimum absolute atomic E-state index is 0.213. The van der Waals surface area contributed by atoms with Gasteiger partial charge in [-0.1, -0.05) is 47.0 Å². The van der Waals surface area contributed by atoms with Gasteiger partial charge in [0.25, 0.3) is 0 Å². The monoisotopic (exact) mass is 442 g/mol. The first-order valence-electron chi connectivity index (χ1n) is 10.4. The molecular formula is C22H28BBrN2O2. The predicted molar refractivity (Wildman–Crippen MR) is 120 cm³/mol.